The van der Waals surface area contributed by atoms with Gasteiger partial charge in [-0.1, -0.05) is 19.8 Å². The third-order valence-corrected chi connectivity index (χ3v) is 4.70. The van der Waals surface area contributed by atoms with Gasteiger partial charge in [0.05, 0.1) is 18.8 Å². The predicted octanol–water partition coefficient (Wildman–Crippen LogP) is 2.90. The van der Waals surface area contributed by atoms with Gasteiger partial charge in [0.1, 0.15) is 17.9 Å². The SMILES string of the molecule is CCCCC(C=O)n1cc(C2C[C@H](CO)N(C(=O)OC(C)(C)C)C2)cn1. The van der Waals surface area contributed by atoms with Crippen LogP contribution < -0.4 is 0 Å². The first-order valence-corrected chi connectivity index (χ1v) is 9.38. The van der Waals surface area contributed by atoms with Crippen molar-refractivity contribution in [2.24, 2.45) is 0 Å². The lowest BCUT2D eigenvalue weighted by atomic mass is 10.00. The molecule has 7 nitrogen and oxygen atoms in total. The molecule has 146 valence electrons. The van der Waals surface area contributed by atoms with E-state index in [1.807, 2.05) is 27.0 Å². The summed E-state index contributed by atoms with van der Waals surface area (Å²) in [6.07, 6.45) is 7.62. The van der Waals surface area contributed by atoms with Crippen LogP contribution in [0.5, 0.6) is 0 Å². The molecular weight excluding hydrogens is 334 g/mol. The molecule has 3 atom stereocenters. The Bertz CT molecular complexity index is 608. The first-order valence-electron chi connectivity index (χ1n) is 9.38. The van der Waals surface area contributed by atoms with E-state index in [2.05, 4.69) is 12.0 Å². The minimum Gasteiger partial charge on any atom is -0.444 e. The van der Waals surface area contributed by atoms with Crippen LogP contribution in [0.3, 0.4) is 0 Å². The van der Waals surface area contributed by atoms with Crippen molar-refractivity contribution >= 4 is 12.4 Å². The summed E-state index contributed by atoms with van der Waals surface area (Å²) in [5, 5.41) is 14.0. The number of aliphatic hydroxyl groups excluding tert-OH is 1. The monoisotopic (exact) mass is 365 g/mol. The Morgan fingerprint density at radius 1 is 1.50 bits per heavy atom. The van der Waals surface area contributed by atoms with Crippen LogP contribution in [-0.4, -0.2) is 57.0 Å². The second-order valence-electron chi connectivity index (χ2n) is 8.00. The van der Waals surface area contributed by atoms with Crippen LogP contribution in [0.15, 0.2) is 12.4 Å². The molecule has 0 aromatic carbocycles. The van der Waals surface area contributed by atoms with E-state index in [9.17, 15) is 14.7 Å². The lowest BCUT2D eigenvalue weighted by molar-refractivity contribution is -0.111. The van der Waals surface area contributed by atoms with Crippen LogP contribution in [0.1, 0.15) is 70.9 Å². The Morgan fingerprint density at radius 3 is 2.81 bits per heavy atom. The zero-order valence-electron chi connectivity index (χ0n) is 16.2. The highest BCUT2D eigenvalue weighted by atomic mass is 16.6. The van der Waals surface area contributed by atoms with E-state index in [1.54, 1.807) is 15.8 Å². The first-order chi connectivity index (χ1) is 12.3. The Kier molecular flexibility index (Phi) is 6.81. The minimum atomic E-state index is -0.573. The number of hydrogen-bond acceptors (Lipinski definition) is 5. The number of carbonyl (C=O) groups is 2. The number of unbranched alkanes of at least 4 members (excludes halogenated alkanes) is 1. The van der Waals surface area contributed by atoms with Crippen molar-refractivity contribution in [3.8, 4) is 0 Å². The standard InChI is InChI=1S/C19H31N3O4/c1-5-6-7-16(12-23)22-11-15(9-20-22)14-8-17(13-24)21(10-14)18(25)26-19(2,3)4/h9,11-12,14,16-17,24H,5-8,10,13H2,1-4H3/t14?,16?,17-/m1/s1. The topological polar surface area (TPSA) is 84.7 Å². The lowest BCUT2D eigenvalue weighted by Crippen LogP contribution is -2.41. The number of aliphatic hydroxyl groups is 1. The number of amides is 1. The number of likely N-dealkylation sites (tertiary alicyclic amines) is 1. The molecule has 0 spiro atoms. The van der Waals surface area contributed by atoms with Gasteiger partial charge in [0, 0.05) is 18.7 Å². The van der Waals surface area contributed by atoms with Crippen molar-refractivity contribution < 1.29 is 19.4 Å². The first kappa shape index (κ1) is 20.4. The molecule has 1 saturated heterocycles. The van der Waals surface area contributed by atoms with Crippen molar-refractivity contribution in [3.63, 3.8) is 0 Å². The van der Waals surface area contributed by atoms with E-state index in [0.717, 1.165) is 31.1 Å². The molecule has 1 aliphatic heterocycles. The summed E-state index contributed by atoms with van der Waals surface area (Å²) in [5.74, 6) is 0.0758. The minimum absolute atomic E-state index is 0.0758. The number of rotatable bonds is 7. The summed E-state index contributed by atoms with van der Waals surface area (Å²) in [5.41, 5.74) is 0.411. The van der Waals surface area contributed by atoms with E-state index >= 15 is 0 Å². The highest BCUT2D eigenvalue weighted by Gasteiger charge is 2.38. The number of nitrogens with zero attached hydrogens (tertiary/aromatic N) is 3. The third-order valence-electron chi connectivity index (χ3n) is 4.70. The zero-order valence-corrected chi connectivity index (χ0v) is 16.2. The Morgan fingerprint density at radius 2 is 2.23 bits per heavy atom. The van der Waals surface area contributed by atoms with E-state index in [4.69, 9.17) is 4.74 Å². The van der Waals surface area contributed by atoms with Gasteiger partial charge >= 0.3 is 6.09 Å². The van der Waals surface area contributed by atoms with Crippen molar-refractivity contribution in [2.45, 2.75) is 77.0 Å². The van der Waals surface area contributed by atoms with Crippen LogP contribution >= 0.6 is 0 Å². The molecule has 1 N–H and O–H groups in total. The Hall–Kier alpha value is -1.89. The molecular formula is C19H31N3O4. The normalized spacial score (nSPS) is 21.7. The van der Waals surface area contributed by atoms with Gasteiger partial charge in [-0.3, -0.25) is 4.68 Å². The summed E-state index contributed by atoms with van der Waals surface area (Å²) in [4.78, 5) is 25.4. The fourth-order valence-electron chi connectivity index (χ4n) is 3.30. The molecule has 0 aliphatic carbocycles. The summed E-state index contributed by atoms with van der Waals surface area (Å²) in [7, 11) is 0. The van der Waals surface area contributed by atoms with Crippen LogP contribution in [0.4, 0.5) is 4.79 Å². The molecule has 0 saturated carbocycles. The maximum absolute atomic E-state index is 12.4. The van der Waals surface area contributed by atoms with E-state index < -0.39 is 11.7 Å². The zero-order chi connectivity index (χ0) is 19.3. The molecule has 26 heavy (non-hydrogen) atoms. The fourth-order valence-corrected chi connectivity index (χ4v) is 3.30. The fraction of sp³-hybridized carbons (Fsp3) is 0.737. The number of carbonyl (C=O) groups excluding carboxylic acids is 2. The molecule has 0 bridgehead atoms. The predicted molar refractivity (Wildman–Crippen MR) is 98.0 cm³/mol. The van der Waals surface area contributed by atoms with Gasteiger partial charge < -0.3 is 19.5 Å². The molecule has 1 aromatic heterocycles. The highest BCUT2D eigenvalue weighted by Crippen LogP contribution is 2.33. The molecule has 2 heterocycles. The molecule has 1 fully saturated rings. The average Bonchev–Trinajstić information content (AvgIpc) is 3.20. The average molecular weight is 365 g/mol. The lowest BCUT2D eigenvalue weighted by Gasteiger charge is -2.27. The van der Waals surface area contributed by atoms with Crippen LogP contribution in [0.25, 0.3) is 0 Å². The van der Waals surface area contributed by atoms with Crippen molar-refractivity contribution in [1.29, 1.82) is 0 Å². The Labute approximate surface area is 155 Å². The van der Waals surface area contributed by atoms with Gasteiger partial charge in [-0.2, -0.15) is 5.10 Å². The highest BCUT2D eigenvalue weighted by molar-refractivity contribution is 5.69. The number of hydrogen-bond donors (Lipinski definition) is 1. The molecule has 1 aliphatic rings. The molecule has 7 heteroatoms. The van der Waals surface area contributed by atoms with Crippen molar-refractivity contribution in [2.75, 3.05) is 13.2 Å². The molecule has 1 aromatic rings. The van der Waals surface area contributed by atoms with E-state index in [0.29, 0.717) is 13.0 Å². The maximum Gasteiger partial charge on any atom is 0.410 e. The second kappa shape index (κ2) is 8.66. The van der Waals surface area contributed by atoms with Crippen LogP contribution in [0.2, 0.25) is 0 Å². The van der Waals surface area contributed by atoms with Gasteiger partial charge in [0.25, 0.3) is 0 Å². The van der Waals surface area contributed by atoms with Gasteiger partial charge in [0.15, 0.2) is 0 Å². The summed E-state index contributed by atoms with van der Waals surface area (Å²) >= 11 is 0. The molecule has 2 unspecified atom stereocenters. The number of aldehydes is 1. The summed E-state index contributed by atoms with van der Waals surface area (Å²) < 4.78 is 7.16. The van der Waals surface area contributed by atoms with Crippen LogP contribution in [-0.2, 0) is 9.53 Å². The Balaban J connectivity index is 2.08. The van der Waals surface area contributed by atoms with Crippen LogP contribution in [0, 0.1) is 0 Å². The van der Waals surface area contributed by atoms with Gasteiger partial charge in [0.2, 0.25) is 0 Å². The van der Waals surface area contributed by atoms with Gasteiger partial charge in [-0.15, -0.1) is 0 Å². The van der Waals surface area contributed by atoms with Gasteiger partial charge in [-0.05, 0) is 39.2 Å². The van der Waals surface area contributed by atoms with E-state index in [1.165, 1.54) is 0 Å². The number of ether oxygens (including phenoxy) is 1. The quantitative estimate of drug-likeness (QED) is 0.751. The maximum atomic E-state index is 12.4. The van der Waals surface area contributed by atoms with Gasteiger partial charge in [-0.25, -0.2) is 4.79 Å². The number of aromatic nitrogens is 2. The van der Waals surface area contributed by atoms with Crippen molar-refractivity contribution in [1.82, 2.24) is 14.7 Å². The third kappa shape index (κ3) is 5.06. The summed E-state index contributed by atoms with van der Waals surface area (Å²) in [6, 6.07) is -0.513. The molecule has 0 radical (unpaired) electrons. The molecule has 2 rings (SSSR count). The smallest absolute Gasteiger partial charge is 0.410 e. The molecule has 1 amide bonds. The van der Waals surface area contributed by atoms with E-state index in [-0.39, 0.29) is 24.6 Å². The summed E-state index contributed by atoms with van der Waals surface area (Å²) in [6.45, 7) is 7.95. The largest absolute Gasteiger partial charge is 0.444 e. The second-order valence-corrected chi connectivity index (χ2v) is 8.00. The van der Waals surface area contributed by atoms with Crippen molar-refractivity contribution in [3.05, 3.63) is 18.0 Å².